The summed E-state index contributed by atoms with van der Waals surface area (Å²) in [6.07, 6.45) is 14.0. The molecule has 0 aromatic heterocycles. The summed E-state index contributed by atoms with van der Waals surface area (Å²) in [7, 11) is 0. The predicted molar refractivity (Wildman–Crippen MR) is 63.7 cm³/mol. The number of hydrogen-bond donors (Lipinski definition) is 1. The summed E-state index contributed by atoms with van der Waals surface area (Å²) in [4.78, 5) is 10.2. The highest BCUT2D eigenvalue weighted by Gasteiger charge is 1.97. The van der Waals surface area contributed by atoms with Gasteiger partial charge in [0.05, 0.1) is 0 Å². The molecule has 0 bridgehead atoms. The molecule has 0 saturated carbocycles. The van der Waals surface area contributed by atoms with Crippen LogP contribution in [0.5, 0.6) is 0 Å². The van der Waals surface area contributed by atoms with E-state index in [1.54, 1.807) is 6.08 Å². The van der Waals surface area contributed by atoms with Crippen molar-refractivity contribution in [2.24, 2.45) is 5.92 Å². The first-order valence-electron chi connectivity index (χ1n) is 5.34. The second-order valence-corrected chi connectivity index (χ2v) is 3.61. The van der Waals surface area contributed by atoms with Crippen LogP contribution in [0.2, 0.25) is 0 Å². The summed E-state index contributed by atoms with van der Waals surface area (Å²) in [5.74, 6) is -0.263. The van der Waals surface area contributed by atoms with Gasteiger partial charge in [-0.15, -0.1) is 0 Å². The fraction of sp³-hybridized carbons (Fsp3) is 0.462. The number of carboxylic acid groups (broad SMARTS) is 1. The monoisotopic (exact) mass is 208 g/mol. The van der Waals surface area contributed by atoms with E-state index in [-0.39, 0.29) is 0 Å². The fourth-order valence-electron chi connectivity index (χ4n) is 1.18. The van der Waals surface area contributed by atoms with Gasteiger partial charge >= 0.3 is 5.97 Å². The van der Waals surface area contributed by atoms with Gasteiger partial charge < -0.3 is 5.11 Å². The molecule has 1 N–H and O–H groups in total. The Morgan fingerprint density at radius 2 is 2.07 bits per heavy atom. The van der Waals surface area contributed by atoms with E-state index < -0.39 is 5.97 Å². The van der Waals surface area contributed by atoms with E-state index in [2.05, 4.69) is 13.0 Å². The summed E-state index contributed by atoms with van der Waals surface area (Å²) >= 11 is 0. The van der Waals surface area contributed by atoms with Crippen LogP contribution in [0.3, 0.4) is 0 Å². The molecule has 0 radical (unpaired) electrons. The number of allylic oxidation sites excluding steroid dienone is 5. The fourth-order valence-corrected chi connectivity index (χ4v) is 1.18. The van der Waals surface area contributed by atoms with Gasteiger partial charge in [0.2, 0.25) is 0 Å². The van der Waals surface area contributed by atoms with Gasteiger partial charge in [-0.05, 0) is 32.1 Å². The van der Waals surface area contributed by atoms with Gasteiger partial charge in [-0.2, -0.15) is 0 Å². The highest BCUT2D eigenvalue weighted by molar-refractivity contribution is 5.79. The molecular formula is C13H20O2. The molecule has 0 fully saturated rings. The zero-order chi connectivity index (χ0) is 11.5. The quantitative estimate of drug-likeness (QED) is 0.513. The van der Waals surface area contributed by atoms with E-state index in [4.69, 9.17) is 5.11 Å². The van der Waals surface area contributed by atoms with Crippen molar-refractivity contribution < 1.29 is 9.90 Å². The molecule has 0 aliphatic rings. The SMILES string of the molecule is C/C=C/C=C/C[C@H](C)CC/C=C/C(=O)O. The van der Waals surface area contributed by atoms with Crippen LogP contribution in [0.4, 0.5) is 0 Å². The highest BCUT2D eigenvalue weighted by atomic mass is 16.4. The van der Waals surface area contributed by atoms with Crippen LogP contribution in [0, 0.1) is 5.92 Å². The van der Waals surface area contributed by atoms with Gasteiger partial charge in [-0.25, -0.2) is 4.79 Å². The molecule has 15 heavy (non-hydrogen) atoms. The van der Waals surface area contributed by atoms with E-state index >= 15 is 0 Å². The lowest BCUT2D eigenvalue weighted by atomic mass is 10.0. The van der Waals surface area contributed by atoms with E-state index in [0.717, 1.165) is 19.3 Å². The van der Waals surface area contributed by atoms with Crippen molar-refractivity contribution >= 4 is 5.97 Å². The molecule has 0 aromatic rings. The third-order valence-corrected chi connectivity index (χ3v) is 2.06. The van der Waals surface area contributed by atoms with Crippen molar-refractivity contribution in [1.82, 2.24) is 0 Å². The van der Waals surface area contributed by atoms with Crippen LogP contribution < -0.4 is 0 Å². The maximum absolute atomic E-state index is 10.2. The minimum absolute atomic E-state index is 0.602. The maximum atomic E-state index is 10.2. The molecule has 0 amide bonds. The van der Waals surface area contributed by atoms with E-state index in [9.17, 15) is 4.79 Å². The van der Waals surface area contributed by atoms with Gasteiger partial charge in [-0.3, -0.25) is 0 Å². The summed E-state index contributed by atoms with van der Waals surface area (Å²) in [5, 5.41) is 8.37. The topological polar surface area (TPSA) is 37.3 Å². The molecule has 2 heteroatoms. The Morgan fingerprint density at radius 1 is 1.33 bits per heavy atom. The Labute approximate surface area is 92.0 Å². The minimum atomic E-state index is -0.865. The average molecular weight is 208 g/mol. The van der Waals surface area contributed by atoms with Gasteiger partial charge in [0.25, 0.3) is 0 Å². The first kappa shape index (κ1) is 13.7. The summed E-state index contributed by atoms with van der Waals surface area (Å²) in [6, 6.07) is 0. The van der Waals surface area contributed by atoms with E-state index in [0.29, 0.717) is 5.92 Å². The van der Waals surface area contributed by atoms with E-state index in [1.165, 1.54) is 6.08 Å². The Bertz CT molecular complexity index is 249. The van der Waals surface area contributed by atoms with Crippen LogP contribution >= 0.6 is 0 Å². The minimum Gasteiger partial charge on any atom is -0.478 e. The number of aliphatic carboxylic acids is 1. The van der Waals surface area contributed by atoms with Crippen LogP contribution in [-0.4, -0.2) is 11.1 Å². The number of carboxylic acids is 1. The molecule has 1 atom stereocenters. The zero-order valence-corrected chi connectivity index (χ0v) is 9.52. The molecule has 0 heterocycles. The first-order valence-corrected chi connectivity index (χ1v) is 5.34. The summed E-state index contributed by atoms with van der Waals surface area (Å²) < 4.78 is 0. The van der Waals surface area contributed by atoms with Crippen molar-refractivity contribution in [3.05, 3.63) is 36.5 Å². The molecule has 0 aliphatic heterocycles. The van der Waals surface area contributed by atoms with Crippen molar-refractivity contribution in [2.45, 2.75) is 33.1 Å². The maximum Gasteiger partial charge on any atom is 0.327 e. The smallest absolute Gasteiger partial charge is 0.327 e. The predicted octanol–water partition coefficient (Wildman–Crippen LogP) is 3.57. The Kier molecular flexibility index (Phi) is 8.44. The molecule has 84 valence electrons. The molecular weight excluding hydrogens is 188 g/mol. The van der Waals surface area contributed by atoms with Gasteiger partial charge in [0.1, 0.15) is 0 Å². The first-order chi connectivity index (χ1) is 7.16. The lowest BCUT2D eigenvalue weighted by Crippen LogP contribution is -1.92. The number of rotatable bonds is 7. The van der Waals surface area contributed by atoms with Crippen LogP contribution in [0.15, 0.2) is 36.5 Å². The molecule has 0 saturated heterocycles. The number of hydrogen-bond acceptors (Lipinski definition) is 1. The van der Waals surface area contributed by atoms with Gasteiger partial charge in [0.15, 0.2) is 0 Å². The summed E-state index contributed by atoms with van der Waals surface area (Å²) in [6.45, 7) is 4.17. The Hall–Kier alpha value is -1.31. The van der Waals surface area contributed by atoms with Crippen LogP contribution in [0.1, 0.15) is 33.1 Å². The molecule has 2 nitrogen and oxygen atoms in total. The van der Waals surface area contributed by atoms with Gasteiger partial charge in [0, 0.05) is 6.08 Å². The standard InChI is InChI=1S/C13H20O2/c1-3-4-5-6-9-12(2)10-7-8-11-13(14)15/h3-6,8,11-12H,7,9-10H2,1-2H3,(H,14,15)/b4-3+,6-5+,11-8+/t12-/m0/s1. The normalized spacial score (nSPS) is 14.3. The molecule has 0 aliphatic carbocycles. The second-order valence-electron chi connectivity index (χ2n) is 3.61. The Morgan fingerprint density at radius 3 is 2.67 bits per heavy atom. The van der Waals surface area contributed by atoms with Gasteiger partial charge in [-0.1, -0.05) is 37.3 Å². The highest BCUT2D eigenvalue weighted by Crippen LogP contribution is 2.11. The molecule has 0 aromatic carbocycles. The molecule has 0 spiro atoms. The van der Waals surface area contributed by atoms with E-state index in [1.807, 2.05) is 25.2 Å². The second kappa shape index (κ2) is 9.25. The summed E-state index contributed by atoms with van der Waals surface area (Å²) in [5.41, 5.74) is 0. The number of carbonyl (C=O) groups is 1. The average Bonchev–Trinajstić information content (AvgIpc) is 2.19. The van der Waals surface area contributed by atoms with Crippen molar-refractivity contribution in [3.8, 4) is 0 Å². The molecule has 0 rings (SSSR count). The third-order valence-electron chi connectivity index (χ3n) is 2.06. The Balaban J connectivity index is 3.57. The lowest BCUT2D eigenvalue weighted by molar-refractivity contribution is -0.131. The zero-order valence-electron chi connectivity index (χ0n) is 9.52. The van der Waals surface area contributed by atoms with Crippen molar-refractivity contribution in [3.63, 3.8) is 0 Å². The molecule has 0 unspecified atom stereocenters. The largest absolute Gasteiger partial charge is 0.478 e. The van der Waals surface area contributed by atoms with Crippen molar-refractivity contribution in [2.75, 3.05) is 0 Å². The van der Waals surface area contributed by atoms with Crippen molar-refractivity contribution in [1.29, 1.82) is 0 Å². The third kappa shape index (κ3) is 10.6. The van der Waals surface area contributed by atoms with Crippen LogP contribution in [0.25, 0.3) is 0 Å². The van der Waals surface area contributed by atoms with Crippen LogP contribution in [-0.2, 0) is 4.79 Å². The lowest BCUT2D eigenvalue weighted by Gasteiger charge is -2.05.